The number of hydrogen-bond donors (Lipinski definition) is 2. The first-order chi connectivity index (χ1) is 36.3. The van der Waals surface area contributed by atoms with Crippen LogP contribution in [0, 0.1) is 0 Å². The molecule has 2 atom stereocenters. The summed E-state index contributed by atoms with van der Waals surface area (Å²) in [5.41, 5.74) is 5.39. The highest BCUT2D eigenvalue weighted by atomic mass is 31.2. The van der Waals surface area contributed by atoms with Gasteiger partial charge in [0.25, 0.3) is 0 Å². The lowest BCUT2D eigenvalue weighted by Crippen LogP contribution is -2.29. The number of allylic oxidation sites excluding steroid dienone is 14. The minimum atomic E-state index is -4.39. The molecule has 0 amide bonds. The molecule has 0 aliphatic rings. The van der Waals surface area contributed by atoms with E-state index in [1.165, 1.54) is 154 Å². The number of esters is 2. The molecule has 0 aromatic heterocycles. The summed E-state index contributed by atoms with van der Waals surface area (Å²) in [5, 5.41) is 0. The van der Waals surface area contributed by atoms with E-state index in [2.05, 4.69) is 98.9 Å². The van der Waals surface area contributed by atoms with Crippen LogP contribution in [0.15, 0.2) is 85.1 Å². The van der Waals surface area contributed by atoms with Gasteiger partial charge < -0.3 is 20.1 Å². The molecule has 0 aromatic rings. The minimum absolute atomic E-state index is 0.0502. The van der Waals surface area contributed by atoms with Gasteiger partial charge in [-0.2, -0.15) is 0 Å². The van der Waals surface area contributed by atoms with Crippen molar-refractivity contribution in [1.82, 2.24) is 0 Å². The average molecular weight is 1060 g/mol. The number of carbonyl (C=O) groups excluding carboxylic acids is 2. The molecular weight excluding hydrogens is 942 g/mol. The second-order valence-corrected chi connectivity index (χ2v) is 21.7. The number of hydrogen-bond acceptors (Lipinski definition) is 8. The standard InChI is InChI=1S/C64H114NO8P/c1-3-5-7-9-11-13-15-17-19-21-23-25-27-28-29-30-31-32-33-34-35-37-39-41-43-45-47-49-51-53-55-57-64(67)73-62(61-72-74(68,69)71-59-58-65)60-70-63(66)56-54-52-50-48-46-44-42-40-38-36-26-24-22-20-18-16-14-12-10-8-6-4-2/h5,7,11,13,17,19,23,25,28-29,31-32,34-35,62H,3-4,6,8-10,12,14-16,18,20-22,24,26-27,30,33,36-61,65H2,1-2H3,(H,68,69)/b7-5-,13-11-,19-17-,25-23-,29-28-,32-31-,35-34-. The highest BCUT2D eigenvalue weighted by Gasteiger charge is 2.26. The summed E-state index contributed by atoms with van der Waals surface area (Å²) in [7, 11) is -4.39. The zero-order valence-electron chi connectivity index (χ0n) is 47.8. The summed E-state index contributed by atoms with van der Waals surface area (Å²) >= 11 is 0. The van der Waals surface area contributed by atoms with E-state index < -0.39 is 26.5 Å². The SMILES string of the molecule is CC/C=C\C/C=C\C/C=C\C/C=C\C/C=C\C/C=C\C/C=C\CCCCCCCCCCCC(=O)OC(COC(=O)CCCCCCCCCCCCCCCCCCCCCCCC)COP(=O)(O)OCCN. The van der Waals surface area contributed by atoms with Gasteiger partial charge in [-0.15, -0.1) is 0 Å². The lowest BCUT2D eigenvalue weighted by atomic mass is 10.0. The van der Waals surface area contributed by atoms with Gasteiger partial charge in [-0.1, -0.05) is 279 Å². The molecule has 10 heteroatoms. The maximum absolute atomic E-state index is 12.7. The molecule has 0 spiro atoms. The summed E-state index contributed by atoms with van der Waals surface area (Å²) < 4.78 is 33.1. The Labute approximate surface area is 455 Å². The molecule has 0 radical (unpaired) electrons. The normalized spacial score (nSPS) is 13.6. The van der Waals surface area contributed by atoms with E-state index in [1.807, 2.05) is 0 Å². The Bertz CT molecular complexity index is 1480. The highest BCUT2D eigenvalue weighted by Crippen LogP contribution is 2.43. The van der Waals surface area contributed by atoms with E-state index in [-0.39, 0.29) is 38.6 Å². The van der Waals surface area contributed by atoms with E-state index in [9.17, 15) is 19.0 Å². The van der Waals surface area contributed by atoms with E-state index in [1.54, 1.807) is 0 Å². The summed E-state index contributed by atoms with van der Waals surface area (Å²) in [6.45, 7) is 3.65. The zero-order chi connectivity index (χ0) is 53.8. The van der Waals surface area contributed by atoms with E-state index >= 15 is 0 Å². The summed E-state index contributed by atoms with van der Waals surface area (Å²) in [6, 6.07) is 0. The maximum Gasteiger partial charge on any atom is 0.472 e. The largest absolute Gasteiger partial charge is 0.472 e. The number of carbonyl (C=O) groups is 2. The fourth-order valence-electron chi connectivity index (χ4n) is 8.56. The van der Waals surface area contributed by atoms with E-state index in [0.29, 0.717) is 6.42 Å². The van der Waals surface area contributed by atoms with Crippen LogP contribution >= 0.6 is 7.82 Å². The molecule has 0 aromatic carbocycles. The predicted octanol–water partition coefficient (Wildman–Crippen LogP) is 19.5. The molecule has 74 heavy (non-hydrogen) atoms. The van der Waals surface area contributed by atoms with Crippen molar-refractivity contribution in [3.63, 3.8) is 0 Å². The molecule has 0 saturated carbocycles. The van der Waals surface area contributed by atoms with Gasteiger partial charge in [0.15, 0.2) is 6.10 Å². The Morgan fingerprint density at radius 3 is 1.11 bits per heavy atom. The predicted molar refractivity (Wildman–Crippen MR) is 316 cm³/mol. The number of phosphoric acid groups is 1. The third-order valence-corrected chi connectivity index (χ3v) is 14.0. The van der Waals surface area contributed by atoms with Crippen LogP contribution < -0.4 is 5.73 Å². The second-order valence-electron chi connectivity index (χ2n) is 20.2. The van der Waals surface area contributed by atoms with Crippen molar-refractivity contribution in [1.29, 1.82) is 0 Å². The fourth-order valence-corrected chi connectivity index (χ4v) is 9.32. The molecule has 2 unspecified atom stereocenters. The number of rotatable bonds is 57. The molecule has 0 bridgehead atoms. The summed E-state index contributed by atoms with van der Waals surface area (Å²) in [5.74, 6) is -0.827. The Kier molecular flexibility index (Phi) is 57.2. The van der Waals surface area contributed by atoms with Crippen LogP contribution in [-0.4, -0.2) is 49.3 Å². The molecule has 9 nitrogen and oxygen atoms in total. The van der Waals surface area contributed by atoms with E-state index in [0.717, 1.165) is 89.9 Å². The molecular formula is C64H114NO8P. The molecule has 0 heterocycles. The lowest BCUT2D eigenvalue weighted by molar-refractivity contribution is -0.161. The van der Waals surface area contributed by atoms with Crippen LogP contribution in [0.1, 0.15) is 277 Å². The summed E-state index contributed by atoms with van der Waals surface area (Å²) in [4.78, 5) is 35.2. The van der Waals surface area contributed by atoms with Gasteiger partial charge in [0, 0.05) is 19.4 Å². The molecule has 428 valence electrons. The lowest BCUT2D eigenvalue weighted by Gasteiger charge is -2.19. The first-order valence-corrected chi connectivity index (χ1v) is 32.1. The van der Waals surface area contributed by atoms with Crippen LogP contribution in [0.25, 0.3) is 0 Å². The molecule has 0 saturated heterocycles. The van der Waals surface area contributed by atoms with Crippen LogP contribution in [0.2, 0.25) is 0 Å². The molecule has 0 rings (SSSR count). The number of ether oxygens (including phenoxy) is 2. The van der Waals surface area contributed by atoms with Gasteiger partial charge in [0.05, 0.1) is 13.2 Å². The molecule has 3 N–H and O–H groups in total. The molecule has 0 fully saturated rings. The Hall–Kier alpha value is -2.81. The summed E-state index contributed by atoms with van der Waals surface area (Å²) in [6.07, 6.45) is 77.8. The van der Waals surface area contributed by atoms with Gasteiger partial charge in [-0.25, -0.2) is 4.57 Å². The van der Waals surface area contributed by atoms with E-state index in [4.69, 9.17) is 24.3 Å². The van der Waals surface area contributed by atoms with Gasteiger partial charge in [0.2, 0.25) is 0 Å². The Morgan fingerprint density at radius 1 is 0.419 bits per heavy atom. The number of phosphoric ester groups is 1. The van der Waals surface area contributed by atoms with Crippen molar-refractivity contribution >= 4 is 19.8 Å². The van der Waals surface area contributed by atoms with Crippen molar-refractivity contribution in [2.24, 2.45) is 5.73 Å². The quantitative estimate of drug-likeness (QED) is 0.0264. The van der Waals surface area contributed by atoms with Crippen LogP contribution in [0.3, 0.4) is 0 Å². The van der Waals surface area contributed by atoms with Gasteiger partial charge in [-0.3, -0.25) is 18.6 Å². The monoisotopic (exact) mass is 1060 g/mol. The first-order valence-electron chi connectivity index (χ1n) is 30.6. The van der Waals surface area contributed by atoms with Gasteiger partial charge >= 0.3 is 19.8 Å². The van der Waals surface area contributed by atoms with Crippen molar-refractivity contribution in [3.8, 4) is 0 Å². The Balaban J connectivity index is 3.98. The molecule has 0 aliphatic heterocycles. The maximum atomic E-state index is 12.7. The van der Waals surface area contributed by atoms with Gasteiger partial charge in [-0.05, 0) is 70.6 Å². The van der Waals surface area contributed by atoms with Crippen molar-refractivity contribution < 1.29 is 37.6 Å². The fraction of sp³-hybridized carbons (Fsp3) is 0.750. The number of unbranched alkanes of at least 4 members (excludes halogenated alkanes) is 30. The molecule has 0 aliphatic carbocycles. The number of nitrogens with two attached hydrogens (primary N) is 1. The minimum Gasteiger partial charge on any atom is -0.462 e. The van der Waals surface area contributed by atoms with Crippen molar-refractivity contribution in [2.75, 3.05) is 26.4 Å². The van der Waals surface area contributed by atoms with Crippen molar-refractivity contribution in [2.45, 2.75) is 283 Å². The van der Waals surface area contributed by atoms with Gasteiger partial charge in [0.1, 0.15) is 6.61 Å². The average Bonchev–Trinajstić information content (AvgIpc) is 3.39. The zero-order valence-corrected chi connectivity index (χ0v) is 48.7. The second kappa shape index (κ2) is 59.4. The van der Waals surface area contributed by atoms with Crippen LogP contribution in [0.5, 0.6) is 0 Å². The third kappa shape index (κ3) is 58.5. The highest BCUT2D eigenvalue weighted by molar-refractivity contribution is 7.47. The van der Waals surface area contributed by atoms with Crippen LogP contribution in [-0.2, 0) is 32.7 Å². The first kappa shape index (κ1) is 71.2. The topological polar surface area (TPSA) is 134 Å². The van der Waals surface area contributed by atoms with Crippen molar-refractivity contribution in [3.05, 3.63) is 85.1 Å². The van der Waals surface area contributed by atoms with Crippen LogP contribution in [0.4, 0.5) is 0 Å². The smallest absolute Gasteiger partial charge is 0.462 e. The third-order valence-electron chi connectivity index (χ3n) is 13.0. The Morgan fingerprint density at radius 2 is 0.743 bits per heavy atom.